The zero-order valence-corrected chi connectivity index (χ0v) is 12.5. The zero-order chi connectivity index (χ0) is 13.9. The fourth-order valence-electron chi connectivity index (χ4n) is 1.47. The Kier molecular flexibility index (Phi) is 4.56. The van der Waals surface area contributed by atoms with E-state index >= 15 is 0 Å². The van der Waals surface area contributed by atoms with Gasteiger partial charge >= 0.3 is 6.09 Å². The van der Waals surface area contributed by atoms with Crippen LogP contribution in [0.2, 0.25) is 0 Å². The van der Waals surface area contributed by atoms with Gasteiger partial charge in [0.25, 0.3) is 0 Å². The van der Waals surface area contributed by atoms with E-state index in [4.69, 9.17) is 4.74 Å². The van der Waals surface area contributed by atoms with Crippen LogP contribution >= 0.6 is 15.9 Å². The van der Waals surface area contributed by atoms with E-state index in [1.165, 1.54) is 12.0 Å². The second-order valence-corrected chi connectivity index (χ2v) is 5.90. The molecule has 100 valence electrons. The average molecular weight is 317 g/mol. The highest BCUT2D eigenvalue weighted by Gasteiger charge is 2.25. The Morgan fingerprint density at radius 3 is 2.56 bits per heavy atom. The summed E-state index contributed by atoms with van der Waals surface area (Å²) in [6, 6.07) is 3.39. The van der Waals surface area contributed by atoms with E-state index in [1.807, 2.05) is 20.8 Å². The number of methoxy groups -OCH3 is 1. The summed E-state index contributed by atoms with van der Waals surface area (Å²) in [4.78, 5) is 16.8. The molecule has 1 rings (SSSR count). The number of anilines is 1. The first kappa shape index (κ1) is 14.8. The summed E-state index contributed by atoms with van der Waals surface area (Å²) in [5, 5.41) is 9.32. The van der Waals surface area contributed by atoms with E-state index in [2.05, 4.69) is 20.9 Å². The van der Waals surface area contributed by atoms with Crippen LogP contribution in [0.5, 0.6) is 5.75 Å². The molecule has 0 aromatic carbocycles. The molecule has 18 heavy (non-hydrogen) atoms. The van der Waals surface area contributed by atoms with Gasteiger partial charge in [0.2, 0.25) is 0 Å². The van der Waals surface area contributed by atoms with Crippen LogP contribution in [0.3, 0.4) is 0 Å². The maximum atomic E-state index is 11.4. The molecule has 0 bridgehead atoms. The molecule has 5 nitrogen and oxygen atoms in total. The predicted octanol–water partition coefficient (Wildman–Crippen LogP) is 3.38. The summed E-state index contributed by atoms with van der Waals surface area (Å²) < 4.78 is 5.73. The van der Waals surface area contributed by atoms with Crippen molar-refractivity contribution in [2.75, 3.05) is 18.6 Å². The van der Waals surface area contributed by atoms with Crippen LogP contribution in [0.1, 0.15) is 20.8 Å². The number of ether oxygens (including phenoxy) is 1. The van der Waals surface area contributed by atoms with Crippen molar-refractivity contribution in [3.05, 3.63) is 16.7 Å². The van der Waals surface area contributed by atoms with E-state index in [0.717, 1.165) is 0 Å². The molecule has 1 aromatic heterocycles. The molecule has 6 heteroatoms. The normalized spacial score (nSPS) is 11.2. The minimum atomic E-state index is -1.05. The van der Waals surface area contributed by atoms with Crippen LogP contribution in [-0.2, 0) is 0 Å². The van der Waals surface area contributed by atoms with Crippen molar-refractivity contribution >= 4 is 27.8 Å². The summed E-state index contributed by atoms with van der Waals surface area (Å²) in [7, 11) is 1.49. The van der Waals surface area contributed by atoms with Gasteiger partial charge in [0.1, 0.15) is 4.60 Å². The van der Waals surface area contributed by atoms with Crippen LogP contribution in [0.15, 0.2) is 16.7 Å². The van der Waals surface area contributed by atoms with Crippen molar-refractivity contribution in [3.8, 4) is 5.75 Å². The minimum absolute atomic E-state index is 0.173. The standard InChI is InChI=1S/C12H17BrN2O3/c1-12(2,3)7-15(11(16)17)10-8(18-4)5-6-9(13)14-10/h5-6H,7H2,1-4H3,(H,16,17). The van der Waals surface area contributed by atoms with Crippen molar-refractivity contribution < 1.29 is 14.6 Å². The van der Waals surface area contributed by atoms with Gasteiger partial charge in [0.15, 0.2) is 11.6 Å². The molecule has 1 amide bonds. The number of rotatable bonds is 3. The molecule has 1 N–H and O–H groups in total. The number of amides is 1. The molecule has 0 spiro atoms. The van der Waals surface area contributed by atoms with Crippen LogP contribution in [0, 0.1) is 5.41 Å². The lowest BCUT2D eigenvalue weighted by Crippen LogP contribution is -2.37. The molecule has 0 aliphatic heterocycles. The molecule has 0 fully saturated rings. The largest absolute Gasteiger partial charge is 0.493 e. The summed E-state index contributed by atoms with van der Waals surface area (Å²) in [5.41, 5.74) is -0.173. The van der Waals surface area contributed by atoms with E-state index in [-0.39, 0.29) is 5.41 Å². The Morgan fingerprint density at radius 2 is 2.11 bits per heavy atom. The van der Waals surface area contributed by atoms with Gasteiger partial charge in [0.05, 0.1) is 7.11 Å². The fourth-order valence-corrected chi connectivity index (χ4v) is 1.77. The third kappa shape index (κ3) is 3.87. The van der Waals surface area contributed by atoms with Gasteiger partial charge in [-0.15, -0.1) is 0 Å². The molecular formula is C12H17BrN2O3. The lowest BCUT2D eigenvalue weighted by atomic mass is 9.96. The Hall–Kier alpha value is -1.30. The van der Waals surface area contributed by atoms with Gasteiger partial charge in [-0.05, 0) is 33.5 Å². The number of hydrogen-bond acceptors (Lipinski definition) is 3. The second kappa shape index (κ2) is 5.56. The van der Waals surface area contributed by atoms with Gasteiger partial charge in [-0.3, -0.25) is 4.90 Å². The molecule has 0 saturated carbocycles. The van der Waals surface area contributed by atoms with Gasteiger partial charge in [-0.25, -0.2) is 9.78 Å². The Labute approximate surface area is 115 Å². The predicted molar refractivity (Wildman–Crippen MR) is 73.3 cm³/mol. The van der Waals surface area contributed by atoms with Gasteiger partial charge < -0.3 is 9.84 Å². The highest BCUT2D eigenvalue weighted by molar-refractivity contribution is 9.10. The number of carboxylic acid groups (broad SMARTS) is 1. The van der Waals surface area contributed by atoms with E-state index in [9.17, 15) is 9.90 Å². The lowest BCUT2D eigenvalue weighted by molar-refractivity contribution is 0.197. The van der Waals surface area contributed by atoms with Crippen LogP contribution in [0.25, 0.3) is 0 Å². The first-order valence-electron chi connectivity index (χ1n) is 5.45. The highest BCUT2D eigenvalue weighted by Crippen LogP contribution is 2.30. The van der Waals surface area contributed by atoms with E-state index in [0.29, 0.717) is 22.7 Å². The minimum Gasteiger partial charge on any atom is -0.493 e. The Bertz CT molecular complexity index is 443. The average Bonchev–Trinajstić information content (AvgIpc) is 2.24. The highest BCUT2D eigenvalue weighted by atomic mass is 79.9. The van der Waals surface area contributed by atoms with Crippen LogP contribution in [-0.4, -0.2) is 29.8 Å². The van der Waals surface area contributed by atoms with Crippen molar-refractivity contribution in [2.24, 2.45) is 5.41 Å². The van der Waals surface area contributed by atoms with Crippen molar-refractivity contribution in [1.29, 1.82) is 0 Å². The lowest BCUT2D eigenvalue weighted by Gasteiger charge is -2.27. The molecule has 0 saturated heterocycles. The summed E-state index contributed by atoms with van der Waals surface area (Å²) in [6.45, 7) is 6.23. The molecule has 1 aromatic rings. The first-order valence-corrected chi connectivity index (χ1v) is 6.25. The summed E-state index contributed by atoms with van der Waals surface area (Å²) in [6.07, 6.45) is -1.05. The SMILES string of the molecule is COc1ccc(Br)nc1N(CC(C)(C)C)C(=O)O. The Morgan fingerprint density at radius 1 is 1.50 bits per heavy atom. The fraction of sp³-hybridized carbons (Fsp3) is 0.500. The number of nitrogens with zero attached hydrogens (tertiary/aromatic N) is 2. The van der Waals surface area contributed by atoms with Gasteiger partial charge in [-0.2, -0.15) is 0 Å². The maximum absolute atomic E-state index is 11.4. The molecular weight excluding hydrogens is 300 g/mol. The quantitative estimate of drug-likeness (QED) is 0.868. The zero-order valence-electron chi connectivity index (χ0n) is 10.9. The maximum Gasteiger partial charge on any atom is 0.413 e. The molecule has 0 unspecified atom stereocenters. The number of hydrogen-bond donors (Lipinski definition) is 1. The topological polar surface area (TPSA) is 62.7 Å². The van der Waals surface area contributed by atoms with Crippen molar-refractivity contribution in [3.63, 3.8) is 0 Å². The van der Waals surface area contributed by atoms with Crippen molar-refractivity contribution in [2.45, 2.75) is 20.8 Å². The van der Waals surface area contributed by atoms with Crippen LogP contribution < -0.4 is 9.64 Å². The number of halogens is 1. The monoisotopic (exact) mass is 316 g/mol. The number of pyridine rings is 1. The van der Waals surface area contributed by atoms with Crippen LogP contribution in [0.4, 0.5) is 10.6 Å². The number of carbonyl (C=O) groups is 1. The molecule has 0 aliphatic carbocycles. The van der Waals surface area contributed by atoms with Gasteiger partial charge in [0, 0.05) is 6.54 Å². The van der Waals surface area contributed by atoms with Crippen molar-refractivity contribution in [1.82, 2.24) is 4.98 Å². The Balaban J connectivity index is 3.20. The molecule has 0 aliphatic rings. The third-order valence-electron chi connectivity index (χ3n) is 2.14. The van der Waals surface area contributed by atoms with E-state index in [1.54, 1.807) is 12.1 Å². The molecule has 0 radical (unpaired) electrons. The smallest absolute Gasteiger partial charge is 0.413 e. The van der Waals surface area contributed by atoms with Gasteiger partial charge in [-0.1, -0.05) is 20.8 Å². The second-order valence-electron chi connectivity index (χ2n) is 5.09. The van der Waals surface area contributed by atoms with E-state index < -0.39 is 6.09 Å². The molecule has 1 heterocycles. The summed E-state index contributed by atoms with van der Waals surface area (Å²) >= 11 is 3.24. The first-order chi connectivity index (χ1) is 8.24. The third-order valence-corrected chi connectivity index (χ3v) is 2.59. The molecule has 0 atom stereocenters. The number of aromatic nitrogens is 1. The summed E-state index contributed by atoms with van der Waals surface area (Å²) in [5.74, 6) is 0.735.